The molecule has 2 heterocycles. The molecule has 0 atom stereocenters. The molecule has 0 aliphatic carbocycles. The maximum absolute atomic E-state index is 12.5. The predicted octanol–water partition coefficient (Wildman–Crippen LogP) is 4.83. The molecule has 4 aromatic rings. The first kappa shape index (κ1) is 20.6. The van der Waals surface area contributed by atoms with Gasteiger partial charge in [0.1, 0.15) is 22.1 Å². The standard InChI is InChI=1S/C22H16ClN3O4S/c1-29-15-8-9-17-18(11-15)31-20(19(17)23)22(28)26-25-21(27)13-4-6-14(7-5-13)30-16-3-2-10-24-12-16/h2-12H,1H3,(H,25,27)(H,26,28). The molecule has 7 nitrogen and oxygen atoms in total. The molecule has 0 saturated heterocycles. The Morgan fingerprint density at radius 2 is 1.71 bits per heavy atom. The minimum atomic E-state index is -0.505. The Hall–Kier alpha value is -3.62. The van der Waals surface area contributed by atoms with Crippen LogP contribution in [0.25, 0.3) is 10.1 Å². The van der Waals surface area contributed by atoms with Crippen LogP contribution in [0.15, 0.2) is 67.0 Å². The number of methoxy groups -OCH3 is 1. The Balaban J connectivity index is 1.40. The van der Waals surface area contributed by atoms with E-state index in [0.29, 0.717) is 32.7 Å². The van der Waals surface area contributed by atoms with Crippen molar-refractivity contribution in [1.29, 1.82) is 0 Å². The number of hydrogen-bond acceptors (Lipinski definition) is 6. The summed E-state index contributed by atoms with van der Waals surface area (Å²) >= 11 is 7.56. The molecule has 0 bridgehead atoms. The maximum atomic E-state index is 12.5. The number of nitrogens with one attached hydrogen (secondary N) is 2. The summed E-state index contributed by atoms with van der Waals surface area (Å²) in [5.41, 5.74) is 5.15. The number of hydrazine groups is 1. The molecule has 2 N–H and O–H groups in total. The Kier molecular flexibility index (Phi) is 6.01. The number of benzene rings is 2. The minimum Gasteiger partial charge on any atom is -0.497 e. The van der Waals surface area contributed by atoms with Gasteiger partial charge in [-0.2, -0.15) is 0 Å². The molecular weight excluding hydrogens is 438 g/mol. The van der Waals surface area contributed by atoms with Gasteiger partial charge in [-0.3, -0.25) is 25.4 Å². The van der Waals surface area contributed by atoms with E-state index < -0.39 is 11.8 Å². The molecule has 156 valence electrons. The van der Waals surface area contributed by atoms with E-state index in [0.717, 1.165) is 10.1 Å². The van der Waals surface area contributed by atoms with Crippen molar-refractivity contribution in [2.24, 2.45) is 0 Å². The third-order valence-electron chi connectivity index (χ3n) is 4.32. The maximum Gasteiger partial charge on any atom is 0.281 e. The second-order valence-electron chi connectivity index (χ2n) is 6.33. The van der Waals surface area contributed by atoms with E-state index in [1.807, 2.05) is 0 Å². The third-order valence-corrected chi connectivity index (χ3v) is 5.97. The van der Waals surface area contributed by atoms with Crippen LogP contribution >= 0.6 is 22.9 Å². The predicted molar refractivity (Wildman–Crippen MR) is 119 cm³/mol. The van der Waals surface area contributed by atoms with Gasteiger partial charge in [0.2, 0.25) is 0 Å². The zero-order valence-corrected chi connectivity index (χ0v) is 17.8. The summed E-state index contributed by atoms with van der Waals surface area (Å²) in [5.74, 6) is 0.836. The fraction of sp³-hybridized carbons (Fsp3) is 0.0455. The van der Waals surface area contributed by atoms with Crippen LogP contribution in [0, 0.1) is 0 Å². The highest BCUT2D eigenvalue weighted by molar-refractivity contribution is 7.21. The first-order chi connectivity index (χ1) is 15.0. The van der Waals surface area contributed by atoms with Crippen molar-refractivity contribution in [1.82, 2.24) is 15.8 Å². The molecule has 0 unspecified atom stereocenters. The molecule has 0 aliphatic heterocycles. The van der Waals surface area contributed by atoms with Crippen LogP contribution in [0.1, 0.15) is 20.0 Å². The lowest BCUT2D eigenvalue weighted by Crippen LogP contribution is -2.41. The van der Waals surface area contributed by atoms with E-state index >= 15 is 0 Å². The van der Waals surface area contributed by atoms with Crippen molar-refractivity contribution in [3.8, 4) is 17.2 Å². The number of carbonyl (C=O) groups is 2. The van der Waals surface area contributed by atoms with E-state index in [-0.39, 0.29) is 0 Å². The normalized spacial score (nSPS) is 10.5. The van der Waals surface area contributed by atoms with Gasteiger partial charge < -0.3 is 9.47 Å². The number of hydrogen-bond donors (Lipinski definition) is 2. The fourth-order valence-corrected chi connectivity index (χ4v) is 4.22. The van der Waals surface area contributed by atoms with Crippen LogP contribution in [0.4, 0.5) is 0 Å². The zero-order valence-electron chi connectivity index (χ0n) is 16.2. The number of aromatic nitrogens is 1. The molecule has 0 saturated carbocycles. The number of pyridine rings is 1. The summed E-state index contributed by atoms with van der Waals surface area (Å²) in [6.45, 7) is 0. The molecular formula is C22H16ClN3O4S. The molecule has 2 aromatic carbocycles. The van der Waals surface area contributed by atoms with Crippen molar-refractivity contribution in [3.63, 3.8) is 0 Å². The van der Waals surface area contributed by atoms with E-state index in [1.54, 1.807) is 74.1 Å². The Labute approximate surface area is 186 Å². The monoisotopic (exact) mass is 453 g/mol. The molecule has 9 heteroatoms. The molecule has 31 heavy (non-hydrogen) atoms. The molecule has 0 aliphatic rings. The Bertz CT molecular complexity index is 1240. The number of rotatable bonds is 5. The molecule has 0 radical (unpaired) electrons. The molecule has 0 fully saturated rings. The van der Waals surface area contributed by atoms with Gasteiger partial charge in [0.25, 0.3) is 11.8 Å². The quantitative estimate of drug-likeness (QED) is 0.422. The minimum absolute atomic E-state index is 0.297. The number of nitrogens with zero attached hydrogens (tertiary/aromatic N) is 1. The van der Waals surface area contributed by atoms with Crippen LogP contribution in [-0.2, 0) is 0 Å². The van der Waals surface area contributed by atoms with Crippen molar-refractivity contribution in [3.05, 3.63) is 82.5 Å². The largest absolute Gasteiger partial charge is 0.497 e. The lowest BCUT2D eigenvalue weighted by Gasteiger charge is -2.08. The summed E-state index contributed by atoms with van der Waals surface area (Å²) in [5, 5.41) is 1.07. The number of amides is 2. The first-order valence-corrected chi connectivity index (χ1v) is 10.3. The third kappa shape index (κ3) is 4.60. The van der Waals surface area contributed by atoms with Gasteiger partial charge in [0.15, 0.2) is 0 Å². The number of thiophene rings is 1. The summed E-state index contributed by atoms with van der Waals surface area (Å²) < 4.78 is 11.6. The average Bonchev–Trinajstić information content (AvgIpc) is 3.14. The van der Waals surface area contributed by atoms with Gasteiger partial charge in [-0.25, -0.2) is 0 Å². The first-order valence-electron chi connectivity index (χ1n) is 9.10. The van der Waals surface area contributed by atoms with E-state index in [2.05, 4.69) is 15.8 Å². The lowest BCUT2D eigenvalue weighted by molar-refractivity contribution is 0.0849. The average molecular weight is 454 g/mol. The second kappa shape index (κ2) is 9.03. The molecule has 2 amide bonds. The summed E-state index contributed by atoms with van der Waals surface area (Å²) in [4.78, 5) is 29.2. The molecule has 0 spiro atoms. The van der Waals surface area contributed by atoms with Gasteiger partial charge in [-0.05, 0) is 54.6 Å². The highest BCUT2D eigenvalue weighted by Crippen LogP contribution is 2.37. The lowest BCUT2D eigenvalue weighted by atomic mass is 10.2. The van der Waals surface area contributed by atoms with Crippen molar-refractivity contribution >= 4 is 44.8 Å². The Morgan fingerprint density at radius 1 is 0.968 bits per heavy atom. The van der Waals surface area contributed by atoms with Gasteiger partial charge in [-0.1, -0.05) is 11.6 Å². The summed E-state index contributed by atoms with van der Waals surface area (Å²) in [7, 11) is 1.57. The molecule has 2 aromatic heterocycles. The smallest absolute Gasteiger partial charge is 0.281 e. The van der Waals surface area contributed by atoms with Crippen LogP contribution < -0.4 is 20.3 Å². The Morgan fingerprint density at radius 3 is 2.42 bits per heavy atom. The van der Waals surface area contributed by atoms with E-state index in [4.69, 9.17) is 21.1 Å². The second-order valence-corrected chi connectivity index (χ2v) is 7.76. The fourth-order valence-electron chi connectivity index (χ4n) is 2.78. The summed E-state index contributed by atoms with van der Waals surface area (Å²) in [6, 6.07) is 15.4. The van der Waals surface area contributed by atoms with Gasteiger partial charge in [0, 0.05) is 21.8 Å². The van der Waals surface area contributed by atoms with Crippen LogP contribution in [0.2, 0.25) is 5.02 Å². The van der Waals surface area contributed by atoms with Crippen molar-refractivity contribution < 1.29 is 19.1 Å². The molecule has 4 rings (SSSR count). The number of fused-ring (bicyclic) bond motifs is 1. The van der Waals surface area contributed by atoms with Gasteiger partial charge >= 0.3 is 0 Å². The van der Waals surface area contributed by atoms with Crippen molar-refractivity contribution in [2.45, 2.75) is 0 Å². The van der Waals surface area contributed by atoms with Gasteiger partial charge in [0.05, 0.1) is 18.3 Å². The number of ether oxygens (including phenoxy) is 2. The van der Waals surface area contributed by atoms with Gasteiger partial charge in [-0.15, -0.1) is 11.3 Å². The van der Waals surface area contributed by atoms with Crippen LogP contribution in [-0.4, -0.2) is 23.9 Å². The van der Waals surface area contributed by atoms with E-state index in [1.165, 1.54) is 11.3 Å². The van der Waals surface area contributed by atoms with Crippen LogP contribution in [0.3, 0.4) is 0 Å². The zero-order chi connectivity index (χ0) is 21.8. The number of halogens is 1. The van der Waals surface area contributed by atoms with E-state index in [9.17, 15) is 9.59 Å². The van der Waals surface area contributed by atoms with Crippen LogP contribution in [0.5, 0.6) is 17.2 Å². The topological polar surface area (TPSA) is 89.6 Å². The highest BCUT2D eigenvalue weighted by Gasteiger charge is 2.18. The van der Waals surface area contributed by atoms with Crippen molar-refractivity contribution in [2.75, 3.05) is 7.11 Å². The highest BCUT2D eigenvalue weighted by atomic mass is 35.5. The number of carbonyl (C=O) groups excluding carboxylic acids is 2. The SMILES string of the molecule is COc1ccc2c(Cl)c(C(=O)NNC(=O)c3ccc(Oc4cccnc4)cc3)sc2c1. The summed E-state index contributed by atoms with van der Waals surface area (Å²) in [6.07, 6.45) is 3.24.